The van der Waals surface area contributed by atoms with Crippen molar-refractivity contribution in [2.45, 2.75) is 45.1 Å². The van der Waals surface area contributed by atoms with Gasteiger partial charge in [-0.05, 0) is 37.5 Å². The van der Waals surface area contributed by atoms with E-state index in [9.17, 15) is 14.4 Å². The first-order valence-electron chi connectivity index (χ1n) is 9.42. The quantitative estimate of drug-likeness (QED) is 0.642. The minimum absolute atomic E-state index is 0.0266. The number of halogens is 1. The van der Waals surface area contributed by atoms with E-state index >= 15 is 0 Å². The summed E-state index contributed by atoms with van der Waals surface area (Å²) in [6.07, 6.45) is 5.67. The van der Waals surface area contributed by atoms with Crippen LogP contribution in [0.2, 0.25) is 5.02 Å². The topological polar surface area (TPSA) is 75.7 Å². The van der Waals surface area contributed by atoms with E-state index < -0.39 is 11.9 Å². The summed E-state index contributed by atoms with van der Waals surface area (Å²) in [7, 11) is 1.83. The van der Waals surface area contributed by atoms with Crippen LogP contribution in [0.25, 0.3) is 0 Å². The summed E-state index contributed by atoms with van der Waals surface area (Å²) in [5.74, 6) is -0.662. The van der Waals surface area contributed by atoms with Crippen molar-refractivity contribution in [3.8, 4) is 0 Å². The number of hydrogen-bond acceptors (Lipinski definition) is 5. The summed E-state index contributed by atoms with van der Waals surface area (Å²) < 4.78 is 4.96. The Morgan fingerprint density at radius 3 is 2.61 bits per heavy atom. The van der Waals surface area contributed by atoms with Gasteiger partial charge in [-0.1, -0.05) is 36.9 Å². The van der Waals surface area contributed by atoms with Gasteiger partial charge in [0.2, 0.25) is 5.91 Å². The average molecular weight is 427 g/mol. The molecule has 0 saturated heterocycles. The molecule has 0 bridgehead atoms. The number of anilines is 1. The van der Waals surface area contributed by atoms with Crippen LogP contribution in [0.4, 0.5) is 5.69 Å². The molecule has 0 unspecified atom stereocenters. The second kappa shape index (κ2) is 11.3. The molecular weight excluding hydrogens is 400 g/mol. The normalized spacial score (nSPS) is 14.4. The lowest BCUT2D eigenvalue weighted by Gasteiger charge is -2.31. The average Bonchev–Trinajstić information content (AvgIpc) is 2.69. The summed E-state index contributed by atoms with van der Waals surface area (Å²) in [5.41, 5.74) is 1.45. The van der Waals surface area contributed by atoms with Gasteiger partial charge in [-0.25, -0.2) is 0 Å². The number of hydrogen-bond donors (Lipinski definition) is 1. The van der Waals surface area contributed by atoms with Gasteiger partial charge >= 0.3 is 5.97 Å². The van der Waals surface area contributed by atoms with Crippen molar-refractivity contribution in [2.24, 2.45) is 0 Å². The third-order valence-corrected chi connectivity index (χ3v) is 6.08. The summed E-state index contributed by atoms with van der Waals surface area (Å²) in [6, 6.07) is 5.47. The molecule has 28 heavy (non-hydrogen) atoms. The van der Waals surface area contributed by atoms with Crippen LogP contribution in [0.15, 0.2) is 18.2 Å². The van der Waals surface area contributed by atoms with Crippen molar-refractivity contribution in [1.29, 1.82) is 0 Å². The van der Waals surface area contributed by atoms with Crippen molar-refractivity contribution < 1.29 is 19.1 Å². The number of nitrogens with one attached hydrogen (secondary N) is 1. The molecular formula is C20H27ClN2O4S. The van der Waals surface area contributed by atoms with E-state index in [0.717, 1.165) is 18.4 Å². The molecule has 2 amide bonds. The Morgan fingerprint density at radius 2 is 1.93 bits per heavy atom. The molecule has 0 spiro atoms. The molecule has 1 aliphatic rings. The van der Waals surface area contributed by atoms with Crippen LogP contribution in [-0.2, 0) is 19.1 Å². The highest BCUT2D eigenvalue weighted by atomic mass is 35.5. The Labute approximate surface area is 175 Å². The molecule has 1 N–H and O–H groups in total. The summed E-state index contributed by atoms with van der Waals surface area (Å²) in [6.45, 7) is 1.49. The van der Waals surface area contributed by atoms with Crippen LogP contribution in [0.3, 0.4) is 0 Å². The summed E-state index contributed by atoms with van der Waals surface area (Å²) >= 11 is 7.21. The Kier molecular flexibility index (Phi) is 9.12. The maximum atomic E-state index is 12.2. The number of rotatable bonds is 8. The number of thioether (sulfide) groups is 1. The number of aryl methyl sites for hydroxylation is 1. The summed E-state index contributed by atoms with van der Waals surface area (Å²) in [4.78, 5) is 37.7. The van der Waals surface area contributed by atoms with E-state index in [4.69, 9.17) is 16.3 Å². The SMILES string of the molecule is Cc1ccc(NC(=O)COC(=O)CSCC(=O)N(C)C2CCCCC2)cc1Cl. The van der Waals surface area contributed by atoms with Gasteiger partial charge in [0.25, 0.3) is 5.91 Å². The van der Waals surface area contributed by atoms with Crippen molar-refractivity contribution in [2.75, 3.05) is 30.5 Å². The van der Waals surface area contributed by atoms with Gasteiger partial charge in [0.05, 0.1) is 11.5 Å². The Bertz CT molecular complexity index is 707. The van der Waals surface area contributed by atoms with Gasteiger partial charge in [-0.3, -0.25) is 14.4 Å². The molecule has 0 radical (unpaired) electrons. The van der Waals surface area contributed by atoms with Gasteiger partial charge in [-0.15, -0.1) is 11.8 Å². The van der Waals surface area contributed by atoms with Gasteiger partial charge in [0, 0.05) is 23.8 Å². The number of carbonyl (C=O) groups is 3. The number of benzene rings is 1. The molecule has 1 saturated carbocycles. The maximum absolute atomic E-state index is 12.2. The van der Waals surface area contributed by atoms with E-state index in [1.54, 1.807) is 23.1 Å². The predicted molar refractivity (Wildman–Crippen MR) is 113 cm³/mol. The maximum Gasteiger partial charge on any atom is 0.316 e. The number of esters is 1. The lowest BCUT2D eigenvalue weighted by atomic mass is 9.94. The van der Waals surface area contributed by atoms with Crippen molar-refractivity contribution in [3.63, 3.8) is 0 Å². The van der Waals surface area contributed by atoms with E-state index in [-0.39, 0.29) is 24.0 Å². The van der Waals surface area contributed by atoms with Crippen LogP contribution >= 0.6 is 23.4 Å². The molecule has 0 atom stereocenters. The molecule has 0 aromatic heterocycles. The second-order valence-corrected chi connectivity index (χ2v) is 8.35. The lowest BCUT2D eigenvalue weighted by Crippen LogP contribution is -2.39. The van der Waals surface area contributed by atoms with E-state index in [2.05, 4.69) is 5.32 Å². The predicted octanol–water partition coefficient (Wildman–Crippen LogP) is 3.65. The largest absolute Gasteiger partial charge is 0.455 e. The van der Waals surface area contributed by atoms with Crippen LogP contribution in [0.1, 0.15) is 37.7 Å². The van der Waals surface area contributed by atoms with Gasteiger partial charge in [0.15, 0.2) is 6.61 Å². The molecule has 154 valence electrons. The first-order valence-corrected chi connectivity index (χ1v) is 10.9. The summed E-state index contributed by atoms with van der Waals surface area (Å²) in [5, 5.41) is 3.17. The van der Waals surface area contributed by atoms with Crippen molar-refractivity contribution in [1.82, 2.24) is 4.90 Å². The minimum atomic E-state index is -0.518. The van der Waals surface area contributed by atoms with Gasteiger partial charge in [0.1, 0.15) is 0 Å². The number of carbonyl (C=O) groups excluding carboxylic acids is 3. The highest BCUT2D eigenvalue weighted by molar-refractivity contribution is 8.00. The Hall–Kier alpha value is -1.73. The zero-order valence-corrected chi connectivity index (χ0v) is 17.9. The number of ether oxygens (including phenoxy) is 1. The van der Waals surface area contributed by atoms with Crippen LogP contribution in [-0.4, -0.2) is 53.9 Å². The Balaban J connectivity index is 1.63. The fraction of sp³-hybridized carbons (Fsp3) is 0.550. The van der Waals surface area contributed by atoms with Crippen molar-refractivity contribution in [3.05, 3.63) is 28.8 Å². The molecule has 0 aliphatic heterocycles. The van der Waals surface area contributed by atoms with Gasteiger partial charge < -0.3 is 15.0 Å². The smallest absolute Gasteiger partial charge is 0.316 e. The van der Waals surface area contributed by atoms with E-state index in [1.807, 2.05) is 14.0 Å². The minimum Gasteiger partial charge on any atom is -0.455 e. The van der Waals surface area contributed by atoms with Crippen molar-refractivity contribution >= 4 is 46.8 Å². The molecule has 0 heterocycles. The zero-order chi connectivity index (χ0) is 20.5. The zero-order valence-electron chi connectivity index (χ0n) is 16.3. The number of nitrogens with zero attached hydrogens (tertiary/aromatic N) is 1. The first kappa shape index (κ1) is 22.6. The fourth-order valence-electron chi connectivity index (χ4n) is 3.05. The number of amides is 2. The molecule has 1 aromatic rings. The second-order valence-electron chi connectivity index (χ2n) is 6.96. The van der Waals surface area contributed by atoms with E-state index in [0.29, 0.717) is 16.8 Å². The fourth-order valence-corrected chi connectivity index (χ4v) is 3.96. The molecule has 2 rings (SSSR count). The highest BCUT2D eigenvalue weighted by Crippen LogP contribution is 2.22. The first-order chi connectivity index (χ1) is 13.4. The molecule has 1 fully saturated rings. The molecule has 1 aliphatic carbocycles. The van der Waals surface area contributed by atoms with Gasteiger partial charge in [-0.2, -0.15) is 0 Å². The third-order valence-electron chi connectivity index (χ3n) is 4.78. The monoisotopic (exact) mass is 426 g/mol. The van der Waals surface area contributed by atoms with Crippen LogP contribution < -0.4 is 5.32 Å². The van der Waals surface area contributed by atoms with Crippen LogP contribution in [0, 0.1) is 6.92 Å². The van der Waals surface area contributed by atoms with Crippen LogP contribution in [0.5, 0.6) is 0 Å². The molecule has 8 heteroatoms. The highest BCUT2D eigenvalue weighted by Gasteiger charge is 2.22. The lowest BCUT2D eigenvalue weighted by molar-refractivity contribution is -0.144. The third kappa shape index (κ3) is 7.36. The Morgan fingerprint density at radius 1 is 1.21 bits per heavy atom. The molecule has 6 nitrogen and oxygen atoms in total. The standard InChI is InChI=1S/C20H27ClN2O4S/c1-14-8-9-15(10-17(14)21)22-18(24)11-27-20(26)13-28-12-19(25)23(2)16-6-4-3-5-7-16/h8-10,16H,3-7,11-13H2,1-2H3,(H,22,24). The van der Waals surface area contributed by atoms with E-state index in [1.165, 1.54) is 31.0 Å². The molecule has 1 aromatic carbocycles.